The Hall–Kier alpha value is -4.99. The van der Waals surface area contributed by atoms with E-state index in [0.29, 0.717) is 20.8 Å². The predicted molar refractivity (Wildman–Crippen MR) is 168 cm³/mol. The highest BCUT2D eigenvalue weighted by Crippen LogP contribution is 2.65. The van der Waals surface area contributed by atoms with Crippen LogP contribution in [0.15, 0.2) is 69.9 Å². The molecule has 1 spiro atoms. The van der Waals surface area contributed by atoms with E-state index in [2.05, 4.69) is 32.2 Å². The largest absolute Gasteiger partial charge is 0.447 e. The van der Waals surface area contributed by atoms with Gasteiger partial charge in [0.15, 0.2) is 5.96 Å². The summed E-state index contributed by atoms with van der Waals surface area (Å²) in [5.41, 5.74) is 7.36. The van der Waals surface area contributed by atoms with Crippen LogP contribution in [-0.2, 0) is 4.74 Å². The number of aliphatic imine (C=N–C) groups is 2. The normalized spacial score (nSPS) is 17.2. The Bertz CT molecular complexity index is 1700. The lowest BCUT2D eigenvalue weighted by Crippen LogP contribution is -2.46. The van der Waals surface area contributed by atoms with Crippen LogP contribution < -0.4 is 16.1 Å². The van der Waals surface area contributed by atoms with Gasteiger partial charge in [-0.05, 0) is 66.8 Å². The molecule has 47 heavy (non-hydrogen) atoms. The number of guanidine groups is 1. The third-order valence-electron chi connectivity index (χ3n) is 8.06. The van der Waals surface area contributed by atoms with Gasteiger partial charge < -0.3 is 15.8 Å². The van der Waals surface area contributed by atoms with E-state index in [-0.39, 0.29) is 39.3 Å². The number of nitrogens with two attached hydrogens (primary N) is 1. The van der Waals surface area contributed by atoms with Gasteiger partial charge >= 0.3 is 19.2 Å². The van der Waals surface area contributed by atoms with Crippen molar-refractivity contribution in [3.63, 3.8) is 0 Å². The van der Waals surface area contributed by atoms with Crippen LogP contribution in [0.3, 0.4) is 0 Å². The number of ether oxygens (including phenoxy) is 1. The second-order valence-corrected chi connectivity index (χ2v) is 11.4. The zero-order chi connectivity index (χ0) is 33.9. The molecule has 2 aliphatic rings. The van der Waals surface area contributed by atoms with E-state index in [1.54, 1.807) is 0 Å². The van der Waals surface area contributed by atoms with Crippen molar-refractivity contribution in [1.29, 1.82) is 0 Å². The van der Waals surface area contributed by atoms with Gasteiger partial charge in [0.05, 0.1) is 22.9 Å². The molecule has 2 unspecified atom stereocenters. The molecular formula is C30H30ClF4N9O3. The molecule has 17 heteroatoms. The highest BCUT2D eigenvalue weighted by molar-refractivity contribution is 6.33. The number of alkyl halides is 4. The SMILES string of the molecule is C=N/C=N\N(c1cc(C(COC(=O)NC2CC23CC3)N(C(=O)c2ccc(-c3cnn(C(F)F)c3)cc2)C(N)=NC)ccc1Cl)C(F)F. The Kier molecular flexibility index (Phi) is 9.79. The number of nitrogens with zero attached hydrogens (tertiary/aromatic N) is 7. The molecule has 5 rings (SSSR count). The molecule has 2 saturated carbocycles. The van der Waals surface area contributed by atoms with Crippen molar-refractivity contribution in [2.24, 2.45) is 26.2 Å². The number of amides is 2. The fraction of sp³-hybridized carbons (Fsp3) is 0.333. The number of aromatic nitrogens is 2. The number of hydrogen-bond acceptors (Lipinski definition) is 7. The summed E-state index contributed by atoms with van der Waals surface area (Å²) in [6.07, 6.45) is 5.42. The van der Waals surface area contributed by atoms with Gasteiger partial charge in [-0.3, -0.25) is 19.7 Å². The lowest BCUT2D eigenvalue weighted by molar-refractivity contribution is 0.0566. The number of hydrazone groups is 1. The fourth-order valence-corrected chi connectivity index (χ4v) is 5.40. The number of nitrogens with one attached hydrogen (secondary N) is 1. The molecular weight excluding hydrogens is 646 g/mol. The Balaban J connectivity index is 1.49. The standard InChI is InChI=1S/C30H30ClF4N9O3/c1-37-16-40-44(27(34)35)22-11-19(7-8-21(22)31)23(15-47-29(46)41-24-12-30(24)9-10-30)43(28(36)38-2)25(45)18-5-3-17(4-6-18)20-13-39-42(14-20)26(32)33/h3-8,11,13-14,16,23-24,26-27H,1,9-10,12,15H2,2H3,(H2,36,38)(H,41,46)/b40-16-. The molecule has 1 aromatic heterocycles. The van der Waals surface area contributed by atoms with Gasteiger partial charge in [-0.1, -0.05) is 29.8 Å². The first kappa shape index (κ1) is 33.4. The summed E-state index contributed by atoms with van der Waals surface area (Å²) in [5, 5.41) is 10.3. The van der Waals surface area contributed by atoms with E-state index in [9.17, 15) is 27.2 Å². The maximum absolute atomic E-state index is 14.1. The Morgan fingerprint density at radius 1 is 1.21 bits per heavy atom. The molecule has 3 aromatic rings. The van der Waals surface area contributed by atoms with E-state index >= 15 is 0 Å². The maximum Gasteiger partial charge on any atom is 0.407 e. The average Bonchev–Trinajstić information content (AvgIpc) is 3.91. The molecule has 1 heterocycles. The van der Waals surface area contributed by atoms with Crippen LogP contribution >= 0.6 is 11.6 Å². The second kappa shape index (κ2) is 13.8. The van der Waals surface area contributed by atoms with Crippen molar-refractivity contribution in [2.75, 3.05) is 18.7 Å². The highest BCUT2D eigenvalue weighted by atomic mass is 35.5. The Labute approximate surface area is 271 Å². The molecule has 248 valence electrons. The van der Waals surface area contributed by atoms with E-state index in [1.807, 2.05) is 0 Å². The van der Waals surface area contributed by atoms with Crippen molar-refractivity contribution in [2.45, 2.75) is 44.4 Å². The van der Waals surface area contributed by atoms with E-state index in [1.165, 1.54) is 55.7 Å². The minimum absolute atomic E-state index is 0.00200. The summed E-state index contributed by atoms with van der Waals surface area (Å²) in [7, 11) is 1.34. The smallest absolute Gasteiger partial charge is 0.407 e. The molecule has 2 fully saturated rings. The molecule has 12 nitrogen and oxygen atoms in total. The van der Waals surface area contributed by atoms with Gasteiger partial charge in [-0.15, -0.1) is 0 Å². The predicted octanol–water partition coefficient (Wildman–Crippen LogP) is 5.68. The number of carbonyl (C=O) groups is 2. The van der Waals surface area contributed by atoms with E-state index in [0.717, 1.165) is 36.7 Å². The monoisotopic (exact) mass is 675 g/mol. The third kappa shape index (κ3) is 7.37. The van der Waals surface area contributed by atoms with Gasteiger partial charge in [0.25, 0.3) is 5.91 Å². The summed E-state index contributed by atoms with van der Waals surface area (Å²) in [6, 6.07) is 8.82. The first-order valence-electron chi connectivity index (χ1n) is 14.2. The zero-order valence-corrected chi connectivity index (χ0v) is 25.7. The minimum Gasteiger partial charge on any atom is -0.447 e. The number of alkyl carbamates (subject to hydrolysis) is 1. The van der Waals surface area contributed by atoms with Crippen molar-refractivity contribution >= 4 is 48.3 Å². The third-order valence-corrected chi connectivity index (χ3v) is 8.38. The van der Waals surface area contributed by atoms with Gasteiger partial charge in [0, 0.05) is 30.4 Å². The number of rotatable bonds is 12. The van der Waals surface area contributed by atoms with Crippen LogP contribution in [0.25, 0.3) is 11.1 Å². The first-order chi connectivity index (χ1) is 22.5. The summed E-state index contributed by atoms with van der Waals surface area (Å²) >= 11 is 6.29. The average molecular weight is 676 g/mol. The van der Waals surface area contributed by atoms with Gasteiger partial charge in [0.2, 0.25) is 0 Å². The van der Waals surface area contributed by atoms with Crippen molar-refractivity contribution in [3.8, 4) is 11.1 Å². The summed E-state index contributed by atoms with van der Waals surface area (Å²) < 4.78 is 60.1. The van der Waals surface area contributed by atoms with Crippen LogP contribution in [0.5, 0.6) is 0 Å². The molecule has 2 atom stereocenters. The lowest BCUT2D eigenvalue weighted by Gasteiger charge is -2.32. The maximum atomic E-state index is 14.1. The highest BCUT2D eigenvalue weighted by Gasteiger charge is 2.63. The minimum atomic E-state index is -3.14. The molecule has 0 saturated heterocycles. The summed E-state index contributed by atoms with van der Waals surface area (Å²) in [6.45, 7) is -3.21. The van der Waals surface area contributed by atoms with Gasteiger partial charge in [0.1, 0.15) is 12.9 Å². The summed E-state index contributed by atoms with van der Waals surface area (Å²) in [5.74, 6) is -0.964. The number of carbonyl (C=O) groups excluding carboxylic acids is 2. The Morgan fingerprint density at radius 3 is 2.51 bits per heavy atom. The molecule has 3 N–H and O–H groups in total. The van der Waals surface area contributed by atoms with Crippen molar-refractivity contribution in [3.05, 3.63) is 71.0 Å². The van der Waals surface area contributed by atoms with Crippen molar-refractivity contribution < 1.29 is 31.9 Å². The van der Waals surface area contributed by atoms with Crippen LogP contribution in [0.4, 0.5) is 28.0 Å². The van der Waals surface area contributed by atoms with Crippen LogP contribution in [0, 0.1) is 5.41 Å². The Morgan fingerprint density at radius 2 is 1.94 bits per heavy atom. The zero-order valence-electron chi connectivity index (χ0n) is 24.9. The molecule has 0 aliphatic heterocycles. The fourth-order valence-electron chi connectivity index (χ4n) is 5.20. The van der Waals surface area contributed by atoms with Crippen LogP contribution in [0.1, 0.15) is 47.8 Å². The molecule has 2 aromatic carbocycles. The summed E-state index contributed by atoms with van der Waals surface area (Å²) in [4.78, 5) is 35.3. The molecule has 2 aliphatic carbocycles. The number of hydrogen-bond donors (Lipinski definition) is 2. The first-order valence-corrected chi connectivity index (χ1v) is 14.6. The number of anilines is 1. The van der Waals surface area contributed by atoms with E-state index < -0.39 is 37.7 Å². The van der Waals surface area contributed by atoms with E-state index in [4.69, 9.17) is 22.1 Å². The van der Waals surface area contributed by atoms with Crippen molar-refractivity contribution in [1.82, 2.24) is 20.0 Å². The second-order valence-electron chi connectivity index (χ2n) is 10.9. The molecule has 0 radical (unpaired) electrons. The van der Waals surface area contributed by atoms with Crippen LogP contribution in [-0.4, -0.2) is 71.9 Å². The topological polar surface area (TPSA) is 143 Å². The molecule has 0 bridgehead atoms. The van der Waals surface area contributed by atoms with Crippen LogP contribution in [0.2, 0.25) is 5.02 Å². The number of benzene rings is 2. The lowest BCUT2D eigenvalue weighted by atomic mass is 10.0. The quantitative estimate of drug-likeness (QED) is 0.0832. The van der Waals surface area contributed by atoms with Gasteiger partial charge in [-0.25, -0.2) is 14.5 Å². The molecule has 2 amide bonds. The van der Waals surface area contributed by atoms with Gasteiger partial charge in [-0.2, -0.15) is 27.8 Å². The number of halogens is 5.